The molecule has 2 fully saturated rings. The minimum absolute atomic E-state index is 0.118. The Labute approximate surface area is 155 Å². The van der Waals surface area contributed by atoms with Gasteiger partial charge in [0, 0.05) is 31.2 Å². The van der Waals surface area contributed by atoms with Gasteiger partial charge >= 0.3 is 0 Å². The Morgan fingerprint density at radius 3 is 2.68 bits per heavy atom. The first-order valence-electron chi connectivity index (χ1n) is 9.50. The van der Waals surface area contributed by atoms with Crippen LogP contribution in [0.4, 0.5) is 0 Å². The fraction of sp³-hybridized carbons (Fsp3) is 0.650. The lowest BCUT2D eigenvalue weighted by Crippen LogP contribution is -2.38. The number of benzene rings is 1. The minimum atomic E-state index is 0.118. The molecule has 2 aliphatic rings. The predicted molar refractivity (Wildman–Crippen MR) is 104 cm³/mol. The van der Waals surface area contributed by atoms with Gasteiger partial charge < -0.3 is 9.64 Å². The molecular formula is C20H30N2O2S. The molecule has 5 heteroatoms. The number of thioether (sulfide) groups is 1. The van der Waals surface area contributed by atoms with Crippen molar-refractivity contribution < 1.29 is 9.53 Å². The van der Waals surface area contributed by atoms with E-state index in [2.05, 4.69) is 35.8 Å². The first kappa shape index (κ1) is 18.6. The number of amides is 1. The van der Waals surface area contributed by atoms with Crippen LogP contribution in [0.25, 0.3) is 0 Å². The van der Waals surface area contributed by atoms with E-state index in [-0.39, 0.29) is 12.5 Å². The zero-order valence-corrected chi connectivity index (χ0v) is 16.1. The molecule has 0 unspecified atom stereocenters. The van der Waals surface area contributed by atoms with E-state index in [1.165, 1.54) is 36.3 Å². The maximum Gasteiger partial charge on any atom is 0.260 e. The molecule has 138 valence electrons. The number of carbonyl (C=O) groups is 1. The van der Waals surface area contributed by atoms with Gasteiger partial charge in [-0.1, -0.05) is 18.2 Å². The van der Waals surface area contributed by atoms with Gasteiger partial charge in [0.15, 0.2) is 6.61 Å². The van der Waals surface area contributed by atoms with Crippen molar-refractivity contribution in [2.75, 3.05) is 38.2 Å². The SMILES string of the molecule is CN(Cc1ccccc1OCC(=O)N1CCCCC1)C1CCSCC1. The lowest BCUT2D eigenvalue weighted by atomic mass is 10.1. The summed E-state index contributed by atoms with van der Waals surface area (Å²) in [5, 5.41) is 0. The maximum atomic E-state index is 12.3. The zero-order valence-electron chi connectivity index (χ0n) is 15.3. The number of piperidine rings is 1. The molecule has 4 nitrogen and oxygen atoms in total. The van der Waals surface area contributed by atoms with Gasteiger partial charge in [0.2, 0.25) is 0 Å². The summed E-state index contributed by atoms with van der Waals surface area (Å²) >= 11 is 2.06. The van der Waals surface area contributed by atoms with Crippen LogP contribution in [0.3, 0.4) is 0 Å². The first-order valence-corrected chi connectivity index (χ1v) is 10.7. The van der Waals surface area contributed by atoms with Crippen LogP contribution in [0.2, 0.25) is 0 Å². The van der Waals surface area contributed by atoms with Gasteiger partial charge in [-0.25, -0.2) is 0 Å². The molecule has 0 aromatic heterocycles. The molecule has 2 heterocycles. The van der Waals surface area contributed by atoms with Crippen molar-refractivity contribution in [1.82, 2.24) is 9.80 Å². The molecule has 1 amide bonds. The van der Waals surface area contributed by atoms with Crippen LogP contribution in [0, 0.1) is 0 Å². The van der Waals surface area contributed by atoms with E-state index in [1.54, 1.807) is 0 Å². The molecule has 0 saturated carbocycles. The molecule has 2 saturated heterocycles. The third kappa shape index (κ3) is 5.38. The summed E-state index contributed by atoms with van der Waals surface area (Å²) in [6.45, 7) is 2.79. The summed E-state index contributed by atoms with van der Waals surface area (Å²) < 4.78 is 5.92. The highest BCUT2D eigenvalue weighted by molar-refractivity contribution is 7.99. The van der Waals surface area contributed by atoms with E-state index in [0.717, 1.165) is 38.2 Å². The fourth-order valence-electron chi connectivity index (χ4n) is 3.67. The summed E-state index contributed by atoms with van der Waals surface area (Å²) in [5.74, 6) is 3.49. The van der Waals surface area contributed by atoms with E-state index in [0.29, 0.717) is 6.04 Å². The van der Waals surface area contributed by atoms with E-state index >= 15 is 0 Å². The van der Waals surface area contributed by atoms with Gasteiger partial charge in [-0.15, -0.1) is 0 Å². The summed E-state index contributed by atoms with van der Waals surface area (Å²) in [6.07, 6.45) is 5.99. The Hall–Kier alpha value is -1.20. The molecule has 0 atom stereocenters. The summed E-state index contributed by atoms with van der Waals surface area (Å²) in [5.41, 5.74) is 1.18. The van der Waals surface area contributed by atoms with Crippen molar-refractivity contribution in [3.05, 3.63) is 29.8 Å². The molecular weight excluding hydrogens is 332 g/mol. The van der Waals surface area contributed by atoms with Gasteiger partial charge in [-0.05, 0) is 56.7 Å². The van der Waals surface area contributed by atoms with E-state index in [1.807, 2.05) is 17.0 Å². The average Bonchev–Trinajstić information content (AvgIpc) is 2.68. The molecule has 0 radical (unpaired) electrons. The topological polar surface area (TPSA) is 32.8 Å². The minimum Gasteiger partial charge on any atom is -0.483 e. The van der Waals surface area contributed by atoms with Crippen molar-refractivity contribution >= 4 is 17.7 Å². The number of nitrogens with zero attached hydrogens (tertiary/aromatic N) is 2. The van der Waals surface area contributed by atoms with Crippen LogP contribution in [-0.2, 0) is 11.3 Å². The van der Waals surface area contributed by atoms with Crippen LogP contribution in [0.1, 0.15) is 37.7 Å². The van der Waals surface area contributed by atoms with Crippen LogP contribution in [0.15, 0.2) is 24.3 Å². The highest BCUT2D eigenvalue weighted by Crippen LogP contribution is 2.25. The van der Waals surface area contributed by atoms with Crippen LogP contribution >= 0.6 is 11.8 Å². The second kappa shape index (κ2) is 9.48. The Balaban J connectivity index is 1.55. The Bertz CT molecular complexity index is 554. The van der Waals surface area contributed by atoms with Crippen molar-refractivity contribution in [2.24, 2.45) is 0 Å². The number of rotatable bonds is 6. The number of hydrogen-bond donors (Lipinski definition) is 0. The highest BCUT2D eigenvalue weighted by Gasteiger charge is 2.20. The van der Waals surface area contributed by atoms with E-state index in [4.69, 9.17) is 4.74 Å². The Morgan fingerprint density at radius 1 is 1.20 bits per heavy atom. The van der Waals surface area contributed by atoms with Gasteiger partial charge in [-0.3, -0.25) is 9.69 Å². The van der Waals surface area contributed by atoms with Crippen LogP contribution in [-0.4, -0.2) is 60.0 Å². The van der Waals surface area contributed by atoms with Crippen molar-refractivity contribution in [1.29, 1.82) is 0 Å². The average molecular weight is 363 g/mol. The molecule has 0 N–H and O–H groups in total. The standard InChI is InChI=1S/C20H30N2O2S/c1-21(18-9-13-25-14-10-18)15-17-7-3-4-8-19(17)24-16-20(23)22-11-5-2-6-12-22/h3-4,7-8,18H,2,5-6,9-16H2,1H3. The number of ether oxygens (including phenoxy) is 1. The molecule has 1 aromatic rings. The lowest BCUT2D eigenvalue weighted by Gasteiger charge is -2.31. The second-order valence-electron chi connectivity index (χ2n) is 7.10. The highest BCUT2D eigenvalue weighted by atomic mass is 32.2. The molecule has 2 aliphatic heterocycles. The third-order valence-electron chi connectivity index (χ3n) is 5.27. The molecule has 0 aliphatic carbocycles. The third-order valence-corrected chi connectivity index (χ3v) is 6.32. The predicted octanol–water partition coefficient (Wildman–Crippen LogP) is 3.41. The van der Waals surface area contributed by atoms with Gasteiger partial charge in [-0.2, -0.15) is 11.8 Å². The van der Waals surface area contributed by atoms with E-state index in [9.17, 15) is 4.79 Å². The van der Waals surface area contributed by atoms with Gasteiger partial charge in [0.1, 0.15) is 5.75 Å². The molecule has 0 spiro atoms. The summed E-state index contributed by atoms with van der Waals surface area (Å²) in [7, 11) is 2.20. The van der Waals surface area contributed by atoms with Gasteiger partial charge in [0.25, 0.3) is 5.91 Å². The smallest absolute Gasteiger partial charge is 0.260 e. The normalized spacial score (nSPS) is 19.2. The first-order chi connectivity index (χ1) is 12.2. The Morgan fingerprint density at radius 2 is 1.92 bits per heavy atom. The monoisotopic (exact) mass is 362 g/mol. The van der Waals surface area contributed by atoms with Crippen molar-refractivity contribution in [3.63, 3.8) is 0 Å². The number of carbonyl (C=O) groups excluding carboxylic acids is 1. The molecule has 3 rings (SSSR count). The quantitative estimate of drug-likeness (QED) is 0.776. The number of para-hydroxylation sites is 1. The number of hydrogen-bond acceptors (Lipinski definition) is 4. The maximum absolute atomic E-state index is 12.3. The number of likely N-dealkylation sites (tertiary alicyclic amines) is 1. The fourth-order valence-corrected chi connectivity index (χ4v) is 4.75. The lowest BCUT2D eigenvalue weighted by molar-refractivity contribution is -0.134. The Kier molecular flexibility index (Phi) is 7.05. The summed E-state index contributed by atoms with van der Waals surface area (Å²) in [4.78, 5) is 16.7. The van der Waals surface area contributed by atoms with Crippen LogP contribution < -0.4 is 4.74 Å². The second-order valence-corrected chi connectivity index (χ2v) is 8.32. The van der Waals surface area contributed by atoms with Crippen molar-refractivity contribution in [2.45, 2.75) is 44.7 Å². The summed E-state index contributed by atoms with van der Waals surface area (Å²) in [6, 6.07) is 8.81. The molecule has 0 bridgehead atoms. The zero-order chi connectivity index (χ0) is 17.5. The van der Waals surface area contributed by atoms with Gasteiger partial charge in [0.05, 0.1) is 0 Å². The van der Waals surface area contributed by atoms with E-state index < -0.39 is 0 Å². The largest absolute Gasteiger partial charge is 0.483 e. The van der Waals surface area contributed by atoms with Crippen molar-refractivity contribution in [3.8, 4) is 5.75 Å². The molecule has 25 heavy (non-hydrogen) atoms. The van der Waals surface area contributed by atoms with Crippen LogP contribution in [0.5, 0.6) is 5.75 Å². The molecule has 1 aromatic carbocycles.